The summed E-state index contributed by atoms with van der Waals surface area (Å²) in [7, 11) is 0. The summed E-state index contributed by atoms with van der Waals surface area (Å²) in [4.78, 5) is 15.6. The number of Topliss-reactive ketones (excluding diaryl/α,β-unsaturated/α-hetero) is 1. The van der Waals surface area contributed by atoms with E-state index in [4.69, 9.17) is 0 Å². The number of nitrogens with zero attached hydrogens (tertiary/aromatic N) is 1. The van der Waals surface area contributed by atoms with Gasteiger partial charge >= 0.3 is 0 Å². The summed E-state index contributed by atoms with van der Waals surface area (Å²) in [6.45, 7) is 4.02. The molecule has 0 amide bonds. The fraction of sp³-hybridized carbons (Fsp3) is 0.556. The highest BCUT2D eigenvalue weighted by Crippen LogP contribution is 2.09. The Morgan fingerprint density at radius 1 is 1.69 bits per heavy atom. The van der Waals surface area contributed by atoms with Gasteiger partial charge in [0.2, 0.25) is 0 Å². The Morgan fingerprint density at radius 2 is 2.46 bits per heavy atom. The second kappa shape index (κ2) is 5.40. The van der Waals surface area contributed by atoms with Gasteiger partial charge in [0.1, 0.15) is 5.78 Å². The van der Waals surface area contributed by atoms with Crippen molar-refractivity contribution in [2.24, 2.45) is 0 Å². The second-order valence-electron chi connectivity index (χ2n) is 2.71. The molecule has 0 aromatic carbocycles. The molecular formula is C9H13NOS2. The van der Waals surface area contributed by atoms with Gasteiger partial charge < -0.3 is 0 Å². The summed E-state index contributed by atoms with van der Waals surface area (Å²) in [5, 5.41) is 3.00. The fourth-order valence-corrected chi connectivity index (χ4v) is 2.10. The Kier molecular flexibility index (Phi) is 4.45. The first-order valence-electron chi connectivity index (χ1n) is 4.22. The molecule has 0 aliphatic rings. The predicted molar refractivity (Wildman–Crippen MR) is 58.6 cm³/mol. The lowest BCUT2D eigenvalue weighted by molar-refractivity contribution is -0.116. The number of aromatic nitrogens is 1. The number of thiazole rings is 1. The van der Waals surface area contributed by atoms with E-state index >= 15 is 0 Å². The Balaban J connectivity index is 2.36. The normalized spacial score (nSPS) is 10.3. The van der Waals surface area contributed by atoms with Crippen LogP contribution in [-0.4, -0.2) is 22.3 Å². The number of carbonyl (C=O) groups excluding carboxylic acids is 1. The van der Waals surface area contributed by atoms with Gasteiger partial charge in [-0.15, -0.1) is 11.3 Å². The first-order chi connectivity index (χ1) is 6.22. The maximum absolute atomic E-state index is 11.3. The van der Waals surface area contributed by atoms with Crippen LogP contribution in [0.3, 0.4) is 0 Å². The molecule has 0 aliphatic heterocycles. The van der Waals surface area contributed by atoms with Crippen LogP contribution in [0.5, 0.6) is 0 Å². The Bertz CT molecular complexity index is 283. The van der Waals surface area contributed by atoms with Gasteiger partial charge in [0.25, 0.3) is 0 Å². The predicted octanol–water partition coefficient (Wildman–Crippen LogP) is 2.32. The molecule has 72 valence electrons. The highest BCUT2D eigenvalue weighted by molar-refractivity contribution is 7.99. The largest absolute Gasteiger partial charge is 0.298 e. The minimum atomic E-state index is 0.275. The van der Waals surface area contributed by atoms with Crippen molar-refractivity contribution in [3.63, 3.8) is 0 Å². The van der Waals surface area contributed by atoms with Crippen LogP contribution in [0.1, 0.15) is 17.6 Å². The molecule has 0 radical (unpaired) electrons. The molecule has 0 saturated carbocycles. The van der Waals surface area contributed by atoms with Gasteiger partial charge in [-0.1, -0.05) is 6.92 Å². The molecular weight excluding hydrogens is 202 g/mol. The molecule has 0 atom stereocenters. The average molecular weight is 215 g/mol. The van der Waals surface area contributed by atoms with Gasteiger partial charge in [0, 0.05) is 5.38 Å². The Morgan fingerprint density at radius 3 is 3.00 bits per heavy atom. The number of rotatable bonds is 5. The van der Waals surface area contributed by atoms with E-state index in [1.807, 2.05) is 12.3 Å². The van der Waals surface area contributed by atoms with Crippen LogP contribution in [0, 0.1) is 6.92 Å². The first kappa shape index (κ1) is 10.7. The Hall–Kier alpha value is -0.350. The molecule has 0 fully saturated rings. The first-order valence-corrected chi connectivity index (χ1v) is 6.26. The molecule has 0 bridgehead atoms. The summed E-state index contributed by atoms with van der Waals surface area (Å²) < 4.78 is 0. The number of hydrogen-bond donors (Lipinski definition) is 0. The van der Waals surface area contributed by atoms with Gasteiger partial charge in [-0.2, -0.15) is 11.8 Å². The molecule has 0 spiro atoms. The maximum Gasteiger partial charge on any atom is 0.148 e. The summed E-state index contributed by atoms with van der Waals surface area (Å²) in [5.41, 5.74) is 0.921. The molecule has 1 rings (SSSR count). The van der Waals surface area contributed by atoms with Crippen molar-refractivity contribution in [3.05, 3.63) is 16.1 Å². The number of aryl methyl sites for hydroxylation is 1. The van der Waals surface area contributed by atoms with Crippen molar-refractivity contribution in [3.8, 4) is 0 Å². The molecule has 1 aromatic heterocycles. The van der Waals surface area contributed by atoms with Gasteiger partial charge in [-0.05, 0) is 12.7 Å². The van der Waals surface area contributed by atoms with E-state index in [2.05, 4.69) is 11.9 Å². The van der Waals surface area contributed by atoms with Gasteiger partial charge in [0.15, 0.2) is 0 Å². The van der Waals surface area contributed by atoms with Crippen molar-refractivity contribution in [1.29, 1.82) is 0 Å². The van der Waals surface area contributed by atoms with Crippen molar-refractivity contribution in [1.82, 2.24) is 4.98 Å². The van der Waals surface area contributed by atoms with Gasteiger partial charge in [0.05, 0.1) is 22.9 Å². The third kappa shape index (κ3) is 3.91. The third-order valence-electron chi connectivity index (χ3n) is 1.51. The topological polar surface area (TPSA) is 30.0 Å². The highest BCUT2D eigenvalue weighted by atomic mass is 32.2. The van der Waals surface area contributed by atoms with Crippen molar-refractivity contribution >= 4 is 28.9 Å². The lowest BCUT2D eigenvalue weighted by atomic mass is 10.2. The molecule has 1 heterocycles. The zero-order chi connectivity index (χ0) is 9.68. The average Bonchev–Trinajstić information content (AvgIpc) is 2.48. The monoisotopic (exact) mass is 215 g/mol. The molecule has 0 N–H and O–H groups in total. The van der Waals surface area contributed by atoms with Crippen molar-refractivity contribution < 1.29 is 4.79 Å². The molecule has 0 aliphatic carbocycles. The zero-order valence-corrected chi connectivity index (χ0v) is 9.50. The summed E-state index contributed by atoms with van der Waals surface area (Å²) in [6, 6.07) is 0. The number of carbonyl (C=O) groups is 1. The summed E-state index contributed by atoms with van der Waals surface area (Å²) in [5.74, 6) is 1.90. The van der Waals surface area contributed by atoms with Crippen LogP contribution in [0.15, 0.2) is 5.38 Å². The molecule has 1 aromatic rings. The highest BCUT2D eigenvalue weighted by Gasteiger charge is 2.05. The van der Waals surface area contributed by atoms with Crippen molar-refractivity contribution in [2.75, 3.05) is 11.5 Å². The summed E-state index contributed by atoms with van der Waals surface area (Å²) in [6.07, 6.45) is 0.497. The minimum Gasteiger partial charge on any atom is -0.298 e. The van der Waals surface area contributed by atoms with E-state index in [1.54, 1.807) is 23.1 Å². The lowest BCUT2D eigenvalue weighted by Gasteiger charge is -1.95. The minimum absolute atomic E-state index is 0.275. The third-order valence-corrected chi connectivity index (χ3v) is 3.27. The van der Waals surface area contributed by atoms with Crippen LogP contribution in [-0.2, 0) is 11.2 Å². The Labute approximate surface area is 86.8 Å². The van der Waals surface area contributed by atoms with E-state index in [-0.39, 0.29) is 5.78 Å². The molecule has 4 heteroatoms. The number of thioether (sulfide) groups is 1. The SMILES string of the molecule is CCSCC(=O)Cc1csc(C)n1. The van der Waals surface area contributed by atoms with E-state index in [0.29, 0.717) is 12.2 Å². The van der Waals surface area contributed by atoms with Crippen LogP contribution in [0.25, 0.3) is 0 Å². The fourth-order valence-electron chi connectivity index (χ4n) is 0.958. The molecule has 13 heavy (non-hydrogen) atoms. The van der Waals surface area contributed by atoms with E-state index in [0.717, 1.165) is 16.5 Å². The van der Waals surface area contributed by atoms with Gasteiger partial charge in [-0.25, -0.2) is 4.98 Å². The smallest absolute Gasteiger partial charge is 0.148 e. The van der Waals surface area contributed by atoms with Crippen LogP contribution >= 0.6 is 23.1 Å². The maximum atomic E-state index is 11.3. The molecule has 0 unspecified atom stereocenters. The van der Waals surface area contributed by atoms with E-state index in [9.17, 15) is 4.79 Å². The van der Waals surface area contributed by atoms with Crippen LogP contribution < -0.4 is 0 Å². The molecule has 0 saturated heterocycles. The van der Waals surface area contributed by atoms with Crippen LogP contribution in [0.2, 0.25) is 0 Å². The zero-order valence-electron chi connectivity index (χ0n) is 7.87. The second-order valence-corrected chi connectivity index (χ2v) is 5.05. The standard InChI is InChI=1S/C9H13NOS2/c1-3-12-6-9(11)4-8-5-13-7(2)10-8/h5H,3-4,6H2,1-2H3. The van der Waals surface area contributed by atoms with Crippen LogP contribution in [0.4, 0.5) is 0 Å². The number of ketones is 1. The summed E-state index contributed by atoms with van der Waals surface area (Å²) >= 11 is 3.27. The lowest BCUT2D eigenvalue weighted by Crippen LogP contribution is -2.06. The number of hydrogen-bond acceptors (Lipinski definition) is 4. The van der Waals surface area contributed by atoms with E-state index < -0.39 is 0 Å². The molecule has 2 nitrogen and oxygen atoms in total. The van der Waals surface area contributed by atoms with Gasteiger partial charge in [-0.3, -0.25) is 4.79 Å². The quantitative estimate of drug-likeness (QED) is 0.755. The van der Waals surface area contributed by atoms with Crippen molar-refractivity contribution in [2.45, 2.75) is 20.3 Å². The van der Waals surface area contributed by atoms with E-state index in [1.165, 1.54) is 0 Å².